The highest BCUT2D eigenvalue weighted by Gasteiger charge is 2.02. The molecule has 0 fully saturated rings. The molecule has 14 heteroatoms. The van der Waals surface area contributed by atoms with Crippen LogP contribution in [0, 0.1) is 0 Å². The predicted octanol–water partition coefficient (Wildman–Crippen LogP) is 0.865. The van der Waals surface area contributed by atoms with Gasteiger partial charge in [-0.1, -0.05) is 21.6 Å². The minimum Gasteiger partial charge on any atom is -0.379 e. The Morgan fingerprint density at radius 3 is 1.51 bits per heavy atom. The summed E-state index contributed by atoms with van der Waals surface area (Å²) in [4.78, 5) is 23.4. The topological polar surface area (TPSA) is 149 Å². The molecule has 0 aliphatic heterocycles. The number of carbonyl (C=O) groups excluding carboxylic acids is 2. The third-order valence-corrected chi connectivity index (χ3v) is 6.58. The Bertz CT molecular complexity index is 541. The first kappa shape index (κ1) is 38.3. The number of hydrogen-bond acceptors (Lipinski definition) is 12. The van der Waals surface area contributed by atoms with E-state index in [9.17, 15) is 9.59 Å². The van der Waals surface area contributed by atoms with Gasteiger partial charge in [-0.05, 0) is 25.5 Å². The van der Waals surface area contributed by atoms with Gasteiger partial charge in [0.2, 0.25) is 11.8 Å². The van der Waals surface area contributed by atoms with Gasteiger partial charge in [0.25, 0.3) is 0 Å². The SMILES string of the molecule is CSSCCCC(=O)NCCCOCCOCCOCCCNC(=O)COCCOCCOCCOCCN. The first-order valence-corrected chi connectivity index (χ1v) is 16.4. The molecule has 0 radical (unpaired) electrons. The highest BCUT2D eigenvalue weighted by molar-refractivity contribution is 8.76. The molecule has 0 aliphatic carbocycles. The summed E-state index contributed by atoms with van der Waals surface area (Å²) in [5.74, 6) is 0.941. The highest BCUT2D eigenvalue weighted by atomic mass is 33.1. The van der Waals surface area contributed by atoms with Crippen LogP contribution < -0.4 is 16.4 Å². The molecule has 0 rings (SSSR count). The molecule has 0 aromatic heterocycles. The van der Waals surface area contributed by atoms with Gasteiger partial charge >= 0.3 is 0 Å². The van der Waals surface area contributed by atoms with E-state index < -0.39 is 0 Å². The summed E-state index contributed by atoms with van der Waals surface area (Å²) in [6.45, 7) is 8.07. The van der Waals surface area contributed by atoms with Crippen LogP contribution in [0.25, 0.3) is 0 Å². The summed E-state index contributed by atoms with van der Waals surface area (Å²) in [7, 11) is 3.50. The molecule has 0 aliphatic rings. The predicted molar refractivity (Wildman–Crippen MR) is 155 cm³/mol. The summed E-state index contributed by atoms with van der Waals surface area (Å²) in [6, 6.07) is 0. The summed E-state index contributed by atoms with van der Waals surface area (Å²) >= 11 is 0. The molecule has 4 N–H and O–H groups in total. The monoisotopic (exact) mass is 601 g/mol. The van der Waals surface area contributed by atoms with Gasteiger partial charge in [0.15, 0.2) is 0 Å². The molecule has 0 saturated heterocycles. The van der Waals surface area contributed by atoms with E-state index in [1.807, 2.05) is 6.26 Å². The molecule has 0 heterocycles. The van der Waals surface area contributed by atoms with Crippen molar-refractivity contribution in [2.24, 2.45) is 5.73 Å². The van der Waals surface area contributed by atoms with E-state index in [1.54, 1.807) is 21.6 Å². The van der Waals surface area contributed by atoms with Gasteiger partial charge in [0.05, 0.1) is 72.7 Å². The van der Waals surface area contributed by atoms with E-state index in [-0.39, 0.29) is 18.4 Å². The zero-order chi connectivity index (χ0) is 28.5. The van der Waals surface area contributed by atoms with Gasteiger partial charge in [-0.15, -0.1) is 0 Å². The Hall–Kier alpha value is -0.680. The van der Waals surface area contributed by atoms with Crippen molar-refractivity contribution in [3.8, 4) is 0 Å². The number of carbonyl (C=O) groups is 2. The molecular weight excluding hydrogens is 550 g/mol. The second-order valence-electron chi connectivity index (χ2n) is 8.01. The van der Waals surface area contributed by atoms with Crippen molar-refractivity contribution in [2.45, 2.75) is 25.7 Å². The fourth-order valence-corrected chi connectivity index (χ4v) is 4.05. The third kappa shape index (κ3) is 33.4. The lowest BCUT2D eigenvalue weighted by Crippen LogP contribution is -2.29. The van der Waals surface area contributed by atoms with Crippen LogP contribution in [0.2, 0.25) is 0 Å². The Morgan fingerprint density at radius 2 is 1.03 bits per heavy atom. The summed E-state index contributed by atoms with van der Waals surface area (Å²) in [5, 5.41) is 5.69. The summed E-state index contributed by atoms with van der Waals surface area (Å²) in [5.41, 5.74) is 5.31. The van der Waals surface area contributed by atoms with Crippen LogP contribution in [-0.2, 0) is 42.7 Å². The van der Waals surface area contributed by atoms with E-state index >= 15 is 0 Å². The number of hydrogen-bond donors (Lipinski definition) is 3. The molecular formula is C25H51N3O9S2. The van der Waals surface area contributed by atoms with Crippen molar-refractivity contribution in [1.82, 2.24) is 10.6 Å². The van der Waals surface area contributed by atoms with Crippen molar-refractivity contribution in [3.63, 3.8) is 0 Å². The van der Waals surface area contributed by atoms with Gasteiger partial charge in [-0.3, -0.25) is 9.59 Å². The Balaban J connectivity index is 3.19. The molecule has 232 valence electrons. The quantitative estimate of drug-likeness (QED) is 0.0742. The van der Waals surface area contributed by atoms with Crippen LogP contribution in [0.1, 0.15) is 25.7 Å². The number of nitrogens with one attached hydrogen (secondary N) is 2. The lowest BCUT2D eigenvalue weighted by atomic mass is 10.3. The van der Waals surface area contributed by atoms with Crippen LogP contribution in [0.4, 0.5) is 0 Å². The van der Waals surface area contributed by atoms with Gasteiger partial charge < -0.3 is 49.5 Å². The van der Waals surface area contributed by atoms with Crippen molar-refractivity contribution < 1.29 is 42.7 Å². The maximum absolute atomic E-state index is 11.7. The standard InChI is InChI=1S/C25H51N3O9S2/c1-38-39-22-2-5-24(29)27-7-3-9-31-12-15-34-16-13-32-10-4-8-28-25(30)23-37-21-20-36-19-18-35-17-14-33-11-6-26/h2-23,26H2,1H3,(H,27,29)(H,28,30). The van der Waals surface area contributed by atoms with Crippen LogP contribution in [0.15, 0.2) is 0 Å². The van der Waals surface area contributed by atoms with Crippen molar-refractivity contribution in [1.29, 1.82) is 0 Å². The maximum atomic E-state index is 11.7. The lowest BCUT2D eigenvalue weighted by Gasteiger charge is -2.09. The molecule has 2 amide bonds. The summed E-state index contributed by atoms with van der Waals surface area (Å²) in [6.07, 6.45) is 5.02. The molecule has 0 aromatic rings. The maximum Gasteiger partial charge on any atom is 0.246 e. The normalized spacial score (nSPS) is 11.1. The molecule has 0 bridgehead atoms. The number of nitrogens with two attached hydrogens (primary N) is 1. The van der Waals surface area contributed by atoms with Crippen LogP contribution >= 0.6 is 21.6 Å². The highest BCUT2D eigenvalue weighted by Crippen LogP contribution is 2.17. The van der Waals surface area contributed by atoms with Crippen LogP contribution in [-0.4, -0.2) is 136 Å². The Morgan fingerprint density at radius 1 is 0.590 bits per heavy atom. The number of amides is 2. The second-order valence-corrected chi connectivity index (χ2v) is 10.7. The first-order chi connectivity index (χ1) is 19.2. The van der Waals surface area contributed by atoms with Crippen molar-refractivity contribution in [2.75, 3.05) is 124 Å². The minimum absolute atomic E-state index is 0.00153. The van der Waals surface area contributed by atoms with E-state index in [0.29, 0.717) is 118 Å². The van der Waals surface area contributed by atoms with Crippen molar-refractivity contribution >= 4 is 33.4 Å². The van der Waals surface area contributed by atoms with E-state index in [4.69, 9.17) is 38.9 Å². The zero-order valence-corrected chi connectivity index (χ0v) is 25.3. The second kappa shape index (κ2) is 33.5. The zero-order valence-electron chi connectivity index (χ0n) is 23.6. The minimum atomic E-state index is -0.164. The molecule has 12 nitrogen and oxygen atoms in total. The third-order valence-electron chi connectivity index (χ3n) is 4.68. The first-order valence-electron chi connectivity index (χ1n) is 13.6. The average molecular weight is 602 g/mol. The number of rotatable bonds is 32. The molecule has 39 heavy (non-hydrogen) atoms. The average Bonchev–Trinajstić information content (AvgIpc) is 2.93. The molecule has 0 atom stereocenters. The van der Waals surface area contributed by atoms with Crippen molar-refractivity contribution in [3.05, 3.63) is 0 Å². The van der Waals surface area contributed by atoms with Gasteiger partial charge in [-0.25, -0.2) is 0 Å². The molecule has 0 saturated carbocycles. The van der Waals surface area contributed by atoms with Gasteiger partial charge in [-0.2, -0.15) is 0 Å². The molecule has 0 unspecified atom stereocenters. The fourth-order valence-electron chi connectivity index (χ4n) is 2.77. The van der Waals surface area contributed by atoms with E-state index in [2.05, 4.69) is 10.6 Å². The fraction of sp³-hybridized carbons (Fsp3) is 0.920. The van der Waals surface area contributed by atoms with Gasteiger partial charge in [0.1, 0.15) is 6.61 Å². The largest absolute Gasteiger partial charge is 0.379 e. The Labute approximate surface area is 242 Å². The molecule has 0 spiro atoms. The summed E-state index contributed by atoms with van der Waals surface area (Å²) < 4.78 is 37.6. The van der Waals surface area contributed by atoms with Crippen LogP contribution in [0.3, 0.4) is 0 Å². The molecule has 0 aromatic carbocycles. The smallest absolute Gasteiger partial charge is 0.246 e. The Kier molecular flexibility index (Phi) is 32.9. The van der Waals surface area contributed by atoms with E-state index in [1.165, 1.54) is 0 Å². The number of ether oxygens (including phenoxy) is 7. The lowest BCUT2D eigenvalue weighted by molar-refractivity contribution is -0.126. The van der Waals surface area contributed by atoms with E-state index in [0.717, 1.165) is 18.6 Å². The van der Waals surface area contributed by atoms with Crippen LogP contribution in [0.5, 0.6) is 0 Å². The van der Waals surface area contributed by atoms with Gasteiger partial charge in [0, 0.05) is 45.0 Å².